The van der Waals surface area contributed by atoms with Gasteiger partial charge >= 0.3 is 5.97 Å². The molecule has 1 unspecified atom stereocenters. The molecular weight excluding hydrogens is 210 g/mol. The zero-order chi connectivity index (χ0) is 11.5. The molecule has 0 aliphatic heterocycles. The average Bonchev–Trinajstić information content (AvgIpc) is 2.16. The van der Waals surface area contributed by atoms with Crippen LogP contribution in [0.4, 0.5) is 0 Å². The van der Waals surface area contributed by atoms with E-state index in [0.29, 0.717) is 0 Å². The highest BCUT2D eigenvalue weighted by Gasteiger charge is 2.24. The number of hydrogen-bond acceptors (Lipinski definition) is 3. The van der Waals surface area contributed by atoms with Gasteiger partial charge in [-0.25, -0.2) is 0 Å². The number of rotatable bonds is 4. The highest BCUT2D eigenvalue weighted by Crippen LogP contribution is 2.24. The van der Waals surface area contributed by atoms with Crippen LogP contribution in [0, 0.1) is 0 Å². The fourth-order valence-electron chi connectivity index (χ4n) is 1.39. The topological polar surface area (TPSA) is 63.3 Å². The number of thioether (sulfide) groups is 1. The van der Waals surface area contributed by atoms with Gasteiger partial charge in [0.2, 0.25) is 0 Å². The summed E-state index contributed by atoms with van der Waals surface area (Å²) in [6.07, 6.45) is 1.93. The Balaban J connectivity index is 2.89. The van der Waals surface area contributed by atoms with Crippen molar-refractivity contribution >= 4 is 17.7 Å². The smallest absolute Gasteiger partial charge is 0.305 e. The molecule has 0 aromatic heterocycles. The van der Waals surface area contributed by atoms with E-state index in [9.17, 15) is 4.79 Å². The van der Waals surface area contributed by atoms with Gasteiger partial charge in [-0.2, -0.15) is 0 Å². The van der Waals surface area contributed by atoms with Crippen LogP contribution in [0.5, 0.6) is 0 Å². The van der Waals surface area contributed by atoms with E-state index >= 15 is 0 Å². The van der Waals surface area contributed by atoms with E-state index in [1.165, 1.54) is 0 Å². The predicted octanol–water partition coefficient (Wildman–Crippen LogP) is 2.06. The normalized spacial score (nSPS) is 14.6. The van der Waals surface area contributed by atoms with Gasteiger partial charge in [-0.1, -0.05) is 12.1 Å². The first-order valence-electron chi connectivity index (χ1n) is 4.61. The van der Waals surface area contributed by atoms with E-state index in [0.717, 1.165) is 10.5 Å². The van der Waals surface area contributed by atoms with E-state index in [4.69, 9.17) is 10.8 Å². The number of carbonyl (C=O) groups is 1. The average molecular weight is 225 g/mol. The summed E-state index contributed by atoms with van der Waals surface area (Å²) in [5.74, 6) is -0.881. The zero-order valence-corrected chi connectivity index (χ0v) is 9.67. The molecule has 0 aliphatic rings. The minimum absolute atomic E-state index is 0.0639. The first kappa shape index (κ1) is 12.1. The van der Waals surface area contributed by atoms with Gasteiger partial charge in [0.05, 0.1) is 6.42 Å². The van der Waals surface area contributed by atoms with Gasteiger partial charge in [-0.05, 0) is 30.9 Å². The highest BCUT2D eigenvalue weighted by molar-refractivity contribution is 7.98. The number of nitrogens with two attached hydrogens (primary N) is 1. The third-order valence-corrected chi connectivity index (χ3v) is 3.01. The molecule has 82 valence electrons. The molecule has 1 rings (SSSR count). The summed E-state index contributed by atoms with van der Waals surface area (Å²) in [7, 11) is 0. The fourth-order valence-corrected chi connectivity index (χ4v) is 1.80. The third kappa shape index (κ3) is 3.25. The van der Waals surface area contributed by atoms with Crippen molar-refractivity contribution in [2.45, 2.75) is 23.8 Å². The molecule has 0 saturated carbocycles. The SMILES string of the molecule is CSc1ccc(C(C)(N)CC(=O)O)cc1. The van der Waals surface area contributed by atoms with Gasteiger partial charge in [0.25, 0.3) is 0 Å². The Hall–Kier alpha value is -1.00. The summed E-state index contributed by atoms with van der Waals surface area (Å²) >= 11 is 1.64. The zero-order valence-electron chi connectivity index (χ0n) is 8.86. The van der Waals surface area contributed by atoms with Gasteiger partial charge in [0.15, 0.2) is 0 Å². The maximum Gasteiger partial charge on any atom is 0.305 e. The minimum Gasteiger partial charge on any atom is -0.481 e. The molecule has 4 heteroatoms. The molecule has 3 N–H and O–H groups in total. The lowest BCUT2D eigenvalue weighted by molar-refractivity contribution is -0.138. The molecule has 0 bridgehead atoms. The Kier molecular flexibility index (Phi) is 3.77. The van der Waals surface area contributed by atoms with Crippen LogP contribution in [-0.4, -0.2) is 17.3 Å². The molecule has 1 aromatic rings. The Morgan fingerprint density at radius 3 is 2.40 bits per heavy atom. The van der Waals surface area contributed by atoms with Crippen molar-refractivity contribution in [2.24, 2.45) is 5.73 Å². The number of carboxylic acid groups (broad SMARTS) is 1. The van der Waals surface area contributed by atoms with Gasteiger partial charge < -0.3 is 10.8 Å². The quantitative estimate of drug-likeness (QED) is 0.770. The second-order valence-electron chi connectivity index (χ2n) is 3.72. The molecule has 0 saturated heterocycles. The summed E-state index contributed by atoms with van der Waals surface area (Å²) in [6, 6.07) is 7.67. The molecule has 0 spiro atoms. The van der Waals surface area contributed by atoms with Crippen LogP contribution in [0.3, 0.4) is 0 Å². The molecule has 3 nitrogen and oxygen atoms in total. The Labute approximate surface area is 93.7 Å². The molecule has 15 heavy (non-hydrogen) atoms. The summed E-state index contributed by atoms with van der Waals surface area (Å²) < 4.78 is 0. The first-order chi connectivity index (χ1) is 6.95. The Bertz CT molecular complexity index is 346. The van der Waals surface area contributed by atoms with E-state index in [1.54, 1.807) is 18.7 Å². The molecule has 1 aromatic carbocycles. The first-order valence-corrected chi connectivity index (χ1v) is 5.83. The molecule has 0 amide bonds. The second kappa shape index (κ2) is 4.68. The molecule has 0 radical (unpaired) electrons. The van der Waals surface area contributed by atoms with Crippen LogP contribution in [-0.2, 0) is 10.3 Å². The largest absolute Gasteiger partial charge is 0.481 e. The molecular formula is C11H15NO2S. The predicted molar refractivity (Wildman–Crippen MR) is 62.0 cm³/mol. The van der Waals surface area contributed by atoms with Crippen molar-refractivity contribution in [3.8, 4) is 0 Å². The van der Waals surface area contributed by atoms with E-state index in [2.05, 4.69) is 0 Å². The van der Waals surface area contributed by atoms with Crippen molar-refractivity contribution < 1.29 is 9.90 Å². The highest BCUT2D eigenvalue weighted by atomic mass is 32.2. The van der Waals surface area contributed by atoms with Crippen molar-refractivity contribution in [3.63, 3.8) is 0 Å². The van der Waals surface area contributed by atoms with Crippen molar-refractivity contribution in [1.82, 2.24) is 0 Å². The van der Waals surface area contributed by atoms with E-state index in [1.807, 2.05) is 30.5 Å². The lowest BCUT2D eigenvalue weighted by Crippen LogP contribution is -2.35. The van der Waals surface area contributed by atoms with Gasteiger partial charge in [0.1, 0.15) is 0 Å². The molecule has 0 heterocycles. The van der Waals surface area contributed by atoms with Crippen LogP contribution >= 0.6 is 11.8 Å². The standard InChI is InChI=1S/C11H15NO2S/c1-11(12,7-10(13)14)8-3-5-9(15-2)6-4-8/h3-6H,7,12H2,1-2H3,(H,13,14). The second-order valence-corrected chi connectivity index (χ2v) is 4.60. The number of benzene rings is 1. The summed E-state index contributed by atoms with van der Waals surface area (Å²) in [4.78, 5) is 11.8. The fraction of sp³-hybridized carbons (Fsp3) is 0.364. The number of hydrogen-bond donors (Lipinski definition) is 2. The third-order valence-electron chi connectivity index (χ3n) is 2.27. The lowest BCUT2D eigenvalue weighted by Gasteiger charge is -2.23. The number of aliphatic carboxylic acids is 1. The molecule has 1 atom stereocenters. The summed E-state index contributed by atoms with van der Waals surface area (Å²) in [6.45, 7) is 1.73. The van der Waals surface area contributed by atoms with Crippen LogP contribution in [0.1, 0.15) is 18.9 Å². The Morgan fingerprint density at radius 1 is 1.47 bits per heavy atom. The summed E-state index contributed by atoms with van der Waals surface area (Å²) in [5.41, 5.74) is 5.99. The van der Waals surface area contributed by atoms with Crippen LogP contribution in [0.25, 0.3) is 0 Å². The van der Waals surface area contributed by atoms with Crippen LogP contribution in [0.2, 0.25) is 0 Å². The maximum atomic E-state index is 10.6. The summed E-state index contributed by atoms with van der Waals surface area (Å²) in [5, 5.41) is 8.73. The van der Waals surface area contributed by atoms with Crippen molar-refractivity contribution in [3.05, 3.63) is 29.8 Å². The van der Waals surface area contributed by atoms with Crippen molar-refractivity contribution in [2.75, 3.05) is 6.26 Å². The van der Waals surface area contributed by atoms with Gasteiger partial charge in [-0.3, -0.25) is 4.79 Å². The maximum absolute atomic E-state index is 10.6. The minimum atomic E-state index is -0.881. The van der Waals surface area contributed by atoms with Crippen LogP contribution < -0.4 is 5.73 Å². The Morgan fingerprint density at radius 2 is 2.00 bits per heavy atom. The molecule has 0 fully saturated rings. The van der Waals surface area contributed by atoms with E-state index < -0.39 is 11.5 Å². The monoisotopic (exact) mass is 225 g/mol. The number of carboxylic acids is 1. The van der Waals surface area contributed by atoms with E-state index in [-0.39, 0.29) is 6.42 Å². The van der Waals surface area contributed by atoms with Gasteiger partial charge in [-0.15, -0.1) is 11.8 Å². The van der Waals surface area contributed by atoms with Crippen molar-refractivity contribution in [1.29, 1.82) is 0 Å². The van der Waals surface area contributed by atoms with Crippen LogP contribution in [0.15, 0.2) is 29.2 Å². The molecule has 0 aliphatic carbocycles. The lowest BCUT2D eigenvalue weighted by atomic mass is 9.90. The van der Waals surface area contributed by atoms with Gasteiger partial charge in [0, 0.05) is 10.4 Å².